The van der Waals surface area contributed by atoms with Crippen LogP contribution in [0, 0.1) is 0 Å². The molecular weight excluding hydrogens is 304 g/mol. The second-order valence-corrected chi connectivity index (χ2v) is 5.89. The van der Waals surface area contributed by atoms with E-state index in [9.17, 15) is 9.59 Å². The van der Waals surface area contributed by atoms with Gasteiger partial charge in [-0.1, -0.05) is 36.4 Å². The number of H-pyrrole nitrogens is 1. The first kappa shape index (κ1) is 14.5. The number of hydrogen-bond donors (Lipinski definition) is 2. The van der Waals surface area contributed by atoms with E-state index in [1.165, 1.54) is 6.07 Å². The Labute approximate surface area is 138 Å². The van der Waals surface area contributed by atoms with Gasteiger partial charge in [0, 0.05) is 17.0 Å². The van der Waals surface area contributed by atoms with Gasteiger partial charge in [0.25, 0.3) is 5.91 Å². The van der Waals surface area contributed by atoms with Crippen LogP contribution in [-0.4, -0.2) is 23.5 Å². The van der Waals surface area contributed by atoms with Crippen LogP contribution in [0.5, 0.6) is 5.75 Å². The topological polar surface area (TPSA) is 71.2 Å². The molecule has 0 saturated carbocycles. The van der Waals surface area contributed by atoms with Gasteiger partial charge < -0.3 is 15.0 Å². The molecule has 24 heavy (non-hydrogen) atoms. The van der Waals surface area contributed by atoms with Crippen LogP contribution in [-0.2, 0) is 6.42 Å². The lowest BCUT2D eigenvalue weighted by Crippen LogP contribution is -2.43. The van der Waals surface area contributed by atoms with Crippen molar-refractivity contribution < 1.29 is 9.53 Å². The van der Waals surface area contributed by atoms with Crippen molar-refractivity contribution in [1.29, 1.82) is 0 Å². The molecular formula is C19H16N2O3. The fourth-order valence-electron chi connectivity index (χ4n) is 3.08. The summed E-state index contributed by atoms with van der Waals surface area (Å²) in [5.74, 6) is 0.606. The van der Waals surface area contributed by atoms with E-state index in [2.05, 4.69) is 10.3 Å². The molecule has 1 aromatic heterocycles. The van der Waals surface area contributed by atoms with Crippen molar-refractivity contribution >= 4 is 16.8 Å². The molecule has 4 rings (SSSR count). The van der Waals surface area contributed by atoms with Gasteiger partial charge >= 0.3 is 0 Å². The summed E-state index contributed by atoms with van der Waals surface area (Å²) in [6.07, 6.45) is 0.711. The van der Waals surface area contributed by atoms with Crippen LogP contribution in [0.4, 0.5) is 0 Å². The number of amides is 1. The largest absolute Gasteiger partial charge is 0.491 e. The van der Waals surface area contributed by atoms with E-state index in [0.29, 0.717) is 24.1 Å². The number of pyridine rings is 1. The summed E-state index contributed by atoms with van der Waals surface area (Å²) >= 11 is 0. The number of fused-ring (bicyclic) bond motifs is 2. The minimum Gasteiger partial charge on any atom is -0.491 e. The highest BCUT2D eigenvalue weighted by Gasteiger charge is 2.22. The van der Waals surface area contributed by atoms with E-state index in [4.69, 9.17) is 4.74 Å². The molecule has 0 saturated heterocycles. The number of rotatable bonds is 2. The summed E-state index contributed by atoms with van der Waals surface area (Å²) in [6.45, 7) is 0.421. The first-order valence-electron chi connectivity index (χ1n) is 7.84. The van der Waals surface area contributed by atoms with Crippen molar-refractivity contribution in [2.75, 3.05) is 6.61 Å². The Hall–Kier alpha value is -3.08. The molecule has 5 heteroatoms. The van der Waals surface area contributed by atoms with Crippen LogP contribution in [0.1, 0.15) is 15.9 Å². The van der Waals surface area contributed by atoms with Gasteiger partial charge in [0.05, 0.1) is 11.6 Å². The molecule has 2 heterocycles. The first-order valence-corrected chi connectivity index (χ1v) is 7.84. The van der Waals surface area contributed by atoms with Gasteiger partial charge in [-0.05, 0) is 24.1 Å². The van der Waals surface area contributed by atoms with E-state index in [-0.39, 0.29) is 17.5 Å². The number of benzene rings is 2. The number of nitrogens with one attached hydrogen (secondary N) is 2. The van der Waals surface area contributed by atoms with Crippen molar-refractivity contribution in [3.8, 4) is 5.75 Å². The van der Waals surface area contributed by atoms with Gasteiger partial charge in [-0.2, -0.15) is 0 Å². The lowest BCUT2D eigenvalue weighted by atomic mass is 10.0. The van der Waals surface area contributed by atoms with Crippen LogP contribution < -0.4 is 15.6 Å². The molecule has 1 aliphatic rings. The minimum absolute atomic E-state index is 0.120. The van der Waals surface area contributed by atoms with Crippen molar-refractivity contribution in [1.82, 2.24) is 10.3 Å². The predicted molar refractivity (Wildman–Crippen MR) is 91.5 cm³/mol. The summed E-state index contributed by atoms with van der Waals surface area (Å²) in [4.78, 5) is 27.2. The van der Waals surface area contributed by atoms with E-state index in [1.807, 2.05) is 42.5 Å². The van der Waals surface area contributed by atoms with Gasteiger partial charge in [0.2, 0.25) is 5.56 Å². The Morgan fingerprint density at radius 1 is 1.12 bits per heavy atom. The van der Waals surface area contributed by atoms with Crippen LogP contribution >= 0.6 is 0 Å². The molecule has 0 aliphatic carbocycles. The number of aromatic amines is 1. The zero-order valence-electron chi connectivity index (χ0n) is 12.9. The average molecular weight is 320 g/mol. The van der Waals surface area contributed by atoms with Crippen LogP contribution in [0.3, 0.4) is 0 Å². The molecule has 2 aromatic carbocycles. The van der Waals surface area contributed by atoms with E-state index >= 15 is 0 Å². The molecule has 120 valence electrons. The second-order valence-electron chi connectivity index (χ2n) is 5.89. The third kappa shape index (κ3) is 2.65. The molecule has 0 bridgehead atoms. The summed E-state index contributed by atoms with van der Waals surface area (Å²) in [7, 11) is 0. The Morgan fingerprint density at radius 3 is 2.83 bits per heavy atom. The van der Waals surface area contributed by atoms with Gasteiger partial charge in [-0.3, -0.25) is 9.59 Å². The van der Waals surface area contributed by atoms with Gasteiger partial charge in [-0.25, -0.2) is 0 Å². The van der Waals surface area contributed by atoms with E-state index in [1.54, 1.807) is 6.07 Å². The van der Waals surface area contributed by atoms with Crippen LogP contribution in [0.15, 0.2) is 59.4 Å². The Balaban J connectivity index is 1.61. The molecule has 0 fully saturated rings. The fourth-order valence-corrected chi connectivity index (χ4v) is 3.08. The van der Waals surface area contributed by atoms with Crippen molar-refractivity contribution in [2.45, 2.75) is 12.5 Å². The summed E-state index contributed by atoms with van der Waals surface area (Å²) in [5.41, 5.74) is 1.82. The molecule has 0 radical (unpaired) electrons. The minimum atomic E-state index is -0.288. The third-order valence-corrected chi connectivity index (χ3v) is 4.21. The van der Waals surface area contributed by atoms with Crippen molar-refractivity contribution in [3.05, 3.63) is 76.1 Å². The van der Waals surface area contributed by atoms with Crippen molar-refractivity contribution in [3.63, 3.8) is 0 Å². The number of carbonyl (C=O) groups is 1. The Morgan fingerprint density at radius 2 is 1.92 bits per heavy atom. The smallest absolute Gasteiger partial charge is 0.252 e. The van der Waals surface area contributed by atoms with Gasteiger partial charge in [-0.15, -0.1) is 0 Å². The first-order chi connectivity index (χ1) is 11.7. The summed E-state index contributed by atoms with van der Waals surface area (Å²) in [5, 5.41) is 3.71. The molecule has 1 atom stereocenters. The highest BCUT2D eigenvalue weighted by molar-refractivity contribution is 6.06. The molecule has 3 aromatic rings. The summed E-state index contributed by atoms with van der Waals surface area (Å²) < 4.78 is 5.70. The maximum atomic E-state index is 12.7. The highest BCUT2D eigenvalue weighted by Crippen LogP contribution is 2.24. The molecule has 1 amide bonds. The SMILES string of the molecule is O=C(N[C@@H]1COc2ccccc2C1)c1cc(=O)[nH]c2ccccc12. The Kier molecular flexibility index (Phi) is 3.54. The van der Waals surface area contributed by atoms with Gasteiger partial charge in [0.1, 0.15) is 12.4 Å². The molecule has 0 spiro atoms. The molecule has 2 N–H and O–H groups in total. The number of carbonyl (C=O) groups excluding carboxylic acids is 1. The van der Waals surface area contributed by atoms with Gasteiger partial charge in [0.15, 0.2) is 0 Å². The third-order valence-electron chi connectivity index (χ3n) is 4.21. The zero-order valence-corrected chi connectivity index (χ0v) is 12.9. The second kappa shape index (κ2) is 5.85. The Bertz CT molecular complexity index is 978. The standard InChI is InChI=1S/C19H16N2O3/c22-18-10-15(14-6-2-3-7-16(14)21-18)19(23)20-13-9-12-5-1-4-8-17(12)24-11-13/h1-8,10,13H,9,11H2,(H,20,23)(H,21,22)/t13-/m0/s1. The van der Waals surface area contributed by atoms with E-state index < -0.39 is 0 Å². The molecule has 0 unspecified atom stereocenters. The van der Waals surface area contributed by atoms with Crippen LogP contribution in [0.25, 0.3) is 10.9 Å². The maximum absolute atomic E-state index is 12.7. The monoisotopic (exact) mass is 320 g/mol. The normalized spacial score (nSPS) is 16.2. The summed E-state index contributed by atoms with van der Waals surface area (Å²) in [6, 6.07) is 16.3. The zero-order chi connectivity index (χ0) is 16.5. The number of para-hydroxylation sites is 2. The fraction of sp³-hybridized carbons (Fsp3) is 0.158. The average Bonchev–Trinajstić information content (AvgIpc) is 2.60. The highest BCUT2D eigenvalue weighted by atomic mass is 16.5. The number of aromatic nitrogens is 1. The number of hydrogen-bond acceptors (Lipinski definition) is 3. The molecule has 5 nitrogen and oxygen atoms in total. The lowest BCUT2D eigenvalue weighted by Gasteiger charge is -2.26. The molecule has 1 aliphatic heterocycles. The van der Waals surface area contributed by atoms with Crippen molar-refractivity contribution in [2.24, 2.45) is 0 Å². The quantitative estimate of drug-likeness (QED) is 0.761. The van der Waals surface area contributed by atoms with E-state index in [0.717, 1.165) is 16.7 Å². The lowest BCUT2D eigenvalue weighted by molar-refractivity contribution is 0.0917. The predicted octanol–water partition coefficient (Wildman–Crippen LogP) is 2.26. The number of ether oxygens (including phenoxy) is 1. The van der Waals surface area contributed by atoms with Crippen LogP contribution in [0.2, 0.25) is 0 Å². The maximum Gasteiger partial charge on any atom is 0.252 e.